The van der Waals surface area contributed by atoms with E-state index in [-0.39, 0.29) is 0 Å². The van der Waals surface area contributed by atoms with Crippen molar-refractivity contribution >= 4 is 5.69 Å². The van der Waals surface area contributed by atoms with Crippen molar-refractivity contribution in [1.82, 2.24) is 5.32 Å². The average molecular weight is 282 g/mol. The predicted molar refractivity (Wildman–Crippen MR) is 86.5 cm³/mol. The van der Waals surface area contributed by atoms with E-state index >= 15 is 0 Å². The Morgan fingerprint density at radius 1 is 1.24 bits per heavy atom. The number of nitrogen functional groups attached to an aromatic ring is 1. The Balaban J connectivity index is 1.73. The first-order chi connectivity index (χ1) is 10.1. The van der Waals surface area contributed by atoms with Crippen LogP contribution in [-0.4, -0.2) is 11.7 Å². The smallest absolute Gasteiger partial charge is 0.115 e. The van der Waals surface area contributed by atoms with Gasteiger partial charge in [0.1, 0.15) is 5.75 Å². The molecule has 1 unspecified atom stereocenters. The second-order valence-electron chi connectivity index (χ2n) is 5.87. The summed E-state index contributed by atoms with van der Waals surface area (Å²) in [4.78, 5) is 0. The standard InChI is InChI=1S/C18H22N2O/c1-12-10-13(2-6-17(12)19)3-7-18-16-5-4-15(21)11-14(16)8-9-20-18/h2,4-6,10-11,18,20-21H,3,7-9,19H2,1H3. The maximum atomic E-state index is 9.61. The van der Waals surface area contributed by atoms with E-state index in [1.54, 1.807) is 6.07 Å². The van der Waals surface area contributed by atoms with Crippen molar-refractivity contribution in [2.24, 2.45) is 0 Å². The van der Waals surface area contributed by atoms with Gasteiger partial charge in [0.25, 0.3) is 0 Å². The number of benzene rings is 2. The quantitative estimate of drug-likeness (QED) is 0.758. The maximum absolute atomic E-state index is 9.61. The summed E-state index contributed by atoms with van der Waals surface area (Å²) in [7, 11) is 0. The lowest BCUT2D eigenvalue weighted by Gasteiger charge is -2.27. The molecule has 4 N–H and O–H groups in total. The van der Waals surface area contributed by atoms with Crippen molar-refractivity contribution < 1.29 is 5.11 Å². The van der Waals surface area contributed by atoms with Crippen LogP contribution in [0.5, 0.6) is 5.75 Å². The number of nitrogens with one attached hydrogen (secondary N) is 1. The van der Waals surface area contributed by atoms with Crippen molar-refractivity contribution in [2.45, 2.75) is 32.2 Å². The van der Waals surface area contributed by atoms with Crippen LogP contribution in [0.1, 0.15) is 34.7 Å². The van der Waals surface area contributed by atoms with Crippen LogP contribution in [0.4, 0.5) is 5.69 Å². The molecule has 3 nitrogen and oxygen atoms in total. The lowest BCUT2D eigenvalue weighted by Crippen LogP contribution is -2.30. The van der Waals surface area contributed by atoms with Gasteiger partial charge in [0, 0.05) is 11.7 Å². The molecule has 1 aliphatic rings. The van der Waals surface area contributed by atoms with E-state index in [1.807, 2.05) is 12.1 Å². The van der Waals surface area contributed by atoms with Crippen LogP contribution < -0.4 is 11.1 Å². The van der Waals surface area contributed by atoms with E-state index in [0.29, 0.717) is 11.8 Å². The van der Waals surface area contributed by atoms with Gasteiger partial charge < -0.3 is 16.2 Å². The maximum Gasteiger partial charge on any atom is 0.115 e. The number of hydrogen-bond donors (Lipinski definition) is 3. The molecule has 0 radical (unpaired) electrons. The van der Waals surface area contributed by atoms with Gasteiger partial charge in [0.05, 0.1) is 0 Å². The van der Waals surface area contributed by atoms with E-state index < -0.39 is 0 Å². The Labute approximate surface area is 125 Å². The van der Waals surface area contributed by atoms with Crippen molar-refractivity contribution in [3.63, 3.8) is 0 Å². The number of rotatable bonds is 3. The molecule has 0 fully saturated rings. The fourth-order valence-electron chi connectivity index (χ4n) is 3.10. The first kappa shape index (κ1) is 14.0. The molecule has 0 amide bonds. The van der Waals surface area contributed by atoms with E-state index in [1.165, 1.54) is 16.7 Å². The molecule has 0 spiro atoms. The van der Waals surface area contributed by atoms with Crippen LogP contribution in [0, 0.1) is 6.92 Å². The Morgan fingerprint density at radius 3 is 2.90 bits per heavy atom. The highest BCUT2D eigenvalue weighted by molar-refractivity contribution is 5.47. The molecule has 2 aromatic rings. The number of phenolic OH excluding ortho intramolecular Hbond substituents is 1. The molecule has 2 aromatic carbocycles. The van der Waals surface area contributed by atoms with E-state index in [2.05, 4.69) is 30.4 Å². The number of phenols is 1. The third-order valence-electron chi connectivity index (χ3n) is 4.34. The molecule has 3 heteroatoms. The molecule has 21 heavy (non-hydrogen) atoms. The van der Waals surface area contributed by atoms with Gasteiger partial charge in [-0.15, -0.1) is 0 Å². The van der Waals surface area contributed by atoms with Crippen LogP contribution >= 0.6 is 0 Å². The fraction of sp³-hybridized carbons (Fsp3) is 0.333. The lowest BCUT2D eigenvalue weighted by molar-refractivity contribution is 0.459. The zero-order chi connectivity index (χ0) is 14.8. The summed E-state index contributed by atoms with van der Waals surface area (Å²) in [5.74, 6) is 0.364. The molecule has 1 heterocycles. The predicted octanol–water partition coefficient (Wildman–Crippen LogP) is 3.10. The topological polar surface area (TPSA) is 58.3 Å². The summed E-state index contributed by atoms with van der Waals surface area (Å²) in [5, 5.41) is 13.2. The number of hydrogen-bond acceptors (Lipinski definition) is 3. The Morgan fingerprint density at radius 2 is 2.10 bits per heavy atom. The first-order valence-electron chi connectivity index (χ1n) is 7.53. The first-order valence-corrected chi connectivity index (χ1v) is 7.53. The van der Waals surface area contributed by atoms with Gasteiger partial charge in [-0.3, -0.25) is 0 Å². The average Bonchev–Trinajstić information content (AvgIpc) is 2.48. The molecule has 1 atom stereocenters. The summed E-state index contributed by atoms with van der Waals surface area (Å²) in [6.07, 6.45) is 3.07. The zero-order valence-electron chi connectivity index (χ0n) is 12.4. The van der Waals surface area contributed by atoms with E-state index in [0.717, 1.165) is 37.1 Å². The molecule has 0 aromatic heterocycles. The van der Waals surface area contributed by atoms with Crippen molar-refractivity contribution in [2.75, 3.05) is 12.3 Å². The second-order valence-corrected chi connectivity index (χ2v) is 5.87. The monoisotopic (exact) mass is 282 g/mol. The molecule has 1 aliphatic heterocycles. The minimum atomic E-state index is 0.364. The second kappa shape index (κ2) is 5.78. The summed E-state index contributed by atoms with van der Waals surface area (Å²) < 4.78 is 0. The van der Waals surface area contributed by atoms with Gasteiger partial charge in [-0.25, -0.2) is 0 Å². The van der Waals surface area contributed by atoms with Crippen LogP contribution in [-0.2, 0) is 12.8 Å². The Hall–Kier alpha value is -2.00. The minimum Gasteiger partial charge on any atom is -0.508 e. The van der Waals surface area contributed by atoms with Gasteiger partial charge in [-0.1, -0.05) is 18.2 Å². The molecule has 0 saturated carbocycles. The summed E-state index contributed by atoms with van der Waals surface area (Å²) in [6, 6.07) is 12.4. The number of aryl methyl sites for hydroxylation is 2. The number of aromatic hydroxyl groups is 1. The van der Waals surface area contributed by atoms with Crippen molar-refractivity contribution in [3.05, 3.63) is 58.7 Å². The Kier molecular flexibility index (Phi) is 3.84. The van der Waals surface area contributed by atoms with Crippen LogP contribution in [0.25, 0.3) is 0 Å². The largest absolute Gasteiger partial charge is 0.508 e. The molecule has 0 aliphatic carbocycles. The van der Waals surface area contributed by atoms with E-state index in [4.69, 9.17) is 5.73 Å². The van der Waals surface area contributed by atoms with Crippen molar-refractivity contribution in [1.29, 1.82) is 0 Å². The highest BCUT2D eigenvalue weighted by Crippen LogP contribution is 2.29. The number of anilines is 1. The fourth-order valence-corrected chi connectivity index (χ4v) is 3.10. The lowest BCUT2D eigenvalue weighted by atomic mass is 9.90. The highest BCUT2D eigenvalue weighted by atomic mass is 16.3. The number of fused-ring (bicyclic) bond motifs is 1. The Bertz CT molecular complexity index is 652. The molecular weight excluding hydrogens is 260 g/mol. The van der Waals surface area contributed by atoms with Gasteiger partial charge >= 0.3 is 0 Å². The summed E-state index contributed by atoms with van der Waals surface area (Å²) in [5.41, 5.74) is 11.8. The molecule has 3 rings (SSSR count). The van der Waals surface area contributed by atoms with Crippen molar-refractivity contribution in [3.8, 4) is 5.75 Å². The summed E-state index contributed by atoms with van der Waals surface area (Å²) in [6.45, 7) is 3.03. The van der Waals surface area contributed by atoms with Gasteiger partial charge in [0.15, 0.2) is 0 Å². The minimum absolute atomic E-state index is 0.364. The molecule has 0 saturated heterocycles. The molecule has 110 valence electrons. The van der Waals surface area contributed by atoms with E-state index in [9.17, 15) is 5.11 Å². The van der Waals surface area contributed by atoms with Crippen LogP contribution in [0.15, 0.2) is 36.4 Å². The summed E-state index contributed by atoms with van der Waals surface area (Å²) >= 11 is 0. The van der Waals surface area contributed by atoms with Gasteiger partial charge in [-0.2, -0.15) is 0 Å². The molecule has 0 bridgehead atoms. The molecular formula is C18H22N2O. The third kappa shape index (κ3) is 3.03. The van der Waals surface area contributed by atoms with Crippen LogP contribution in [0.2, 0.25) is 0 Å². The normalized spacial score (nSPS) is 17.5. The SMILES string of the molecule is Cc1cc(CCC2NCCc3cc(O)ccc32)ccc1N. The highest BCUT2D eigenvalue weighted by Gasteiger charge is 2.19. The van der Waals surface area contributed by atoms with Crippen LogP contribution in [0.3, 0.4) is 0 Å². The van der Waals surface area contributed by atoms with Gasteiger partial charge in [0.2, 0.25) is 0 Å². The third-order valence-corrected chi connectivity index (χ3v) is 4.34. The number of nitrogens with two attached hydrogens (primary N) is 1. The zero-order valence-corrected chi connectivity index (χ0v) is 12.4. The van der Waals surface area contributed by atoms with Gasteiger partial charge in [-0.05, 0) is 73.2 Å².